The Morgan fingerprint density at radius 2 is 1.74 bits per heavy atom. The van der Waals surface area contributed by atoms with Gasteiger partial charge < -0.3 is 5.11 Å². The van der Waals surface area contributed by atoms with Gasteiger partial charge in [-0.25, -0.2) is 8.78 Å². The summed E-state index contributed by atoms with van der Waals surface area (Å²) in [4.78, 5) is 10.5. The molecular weight excluding hydrogens is 250 g/mol. The van der Waals surface area contributed by atoms with Crippen LogP contribution in [0.3, 0.4) is 0 Å². The van der Waals surface area contributed by atoms with Gasteiger partial charge in [-0.05, 0) is 24.6 Å². The summed E-state index contributed by atoms with van der Waals surface area (Å²) in [5, 5.41) is 8.61. The van der Waals surface area contributed by atoms with Crippen LogP contribution in [0.1, 0.15) is 11.1 Å². The molecule has 2 aromatic carbocycles. The molecule has 0 aliphatic carbocycles. The van der Waals surface area contributed by atoms with Crippen LogP contribution >= 0.6 is 0 Å². The highest BCUT2D eigenvalue weighted by Crippen LogP contribution is 2.26. The van der Waals surface area contributed by atoms with Crippen LogP contribution in [0.15, 0.2) is 36.4 Å². The summed E-state index contributed by atoms with van der Waals surface area (Å²) in [7, 11) is 0. The maximum absolute atomic E-state index is 13.9. The molecule has 0 aromatic heterocycles. The molecule has 1 N–H and O–H groups in total. The quantitative estimate of drug-likeness (QED) is 0.918. The fraction of sp³-hybridized carbons (Fsp3) is 0.133. The first-order valence-corrected chi connectivity index (χ1v) is 5.74. The topological polar surface area (TPSA) is 37.3 Å². The van der Waals surface area contributed by atoms with E-state index in [1.807, 2.05) is 6.92 Å². The number of carboxylic acids is 1. The van der Waals surface area contributed by atoms with Crippen molar-refractivity contribution in [3.05, 3.63) is 59.2 Å². The summed E-state index contributed by atoms with van der Waals surface area (Å²) in [6.45, 7) is 1.90. The molecule has 0 spiro atoms. The van der Waals surface area contributed by atoms with Crippen molar-refractivity contribution in [2.75, 3.05) is 0 Å². The monoisotopic (exact) mass is 262 g/mol. The van der Waals surface area contributed by atoms with E-state index in [0.717, 1.165) is 17.7 Å². The molecule has 2 rings (SSSR count). The third-order valence-electron chi connectivity index (χ3n) is 2.84. The van der Waals surface area contributed by atoms with Gasteiger partial charge in [-0.3, -0.25) is 4.79 Å². The third kappa shape index (κ3) is 2.96. The van der Waals surface area contributed by atoms with Crippen LogP contribution in [0, 0.1) is 18.6 Å². The molecule has 2 nitrogen and oxygen atoms in total. The third-order valence-corrected chi connectivity index (χ3v) is 2.84. The van der Waals surface area contributed by atoms with Crippen molar-refractivity contribution in [1.82, 2.24) is 0 Å². The molecular formula is C15H12F2O2. The van der Waals surface area contributed by atoms with E-state index in [4.69, 9.17) is 5.11 Å². The predicted molar refractivity (Wildman–Crippen MR) is 67.9 cm³/mol. The minimum Gasteiger partial charge on any atom is -0.481 e. The highest BCUT2D eigenvalue weighted by atomic mass is 19.1. The van der Waals surface area contributed by atoms with Crippen LogP contribution in [0.2, 0.25) is 0 Å². The highest BCUT2D eigenvalue weighted by Gasteiger charge is 2.13. The van der Waals surface area contributed by atoms with E-state index in [0.29, 0.717) is 5.56 Å². The highest BCUT2D eigenvalue weighted by molar-refractivity contribution is 5.71. The lowest BCUT2D eigenvalue weighted by Gasteiger charge is -2.07. The zero-order chi connectivity index (χ0) is 14.0. The lowest BCUT2D eigenvalue weighted by atomic mass is 10.0. The van der Waals surface area contributed by atoms with E-state index < -0.39 is 24.0 Å². The number of hydrogen-bond acceptors (Lipinski definition) is 1. The van der Waals surface area contributed by atoms with E-state index in [9.17, 15) is 13.6 Å². The van der Waals surface area contributed by atoms with Gasteiger partial charge in [0.25, 0.3) is 0 Å². The van der Waals surface area contributed by atoms with Crippen molar-refractivity contribution in [2.24, 2.45) is 0 Å². The first kappa shape index (κ1) is 13.2. The van der Waals surface area contributed by atoms with Gasteiger partial charge in [0.2, 0.25) is 0 Å². The minimum absolute atomic E-state index is 0.131. The molecule has 0 amide bonds. The Bertz CT molecular complexity index is 619. The van der Waals surface area contributed by atoms with Gasteiger partial charge in [-0.15, -0.1) is 0 Å². The average Bonchev–Trinajstić information content (AvgIpc) is 2.34. The molecule has 0 radical (unpaired) electrons. The van der Waals surface area contributed by atoms with Gasteiger partial charge in [0, 0.05) is 11.1 Å². The van der Waals surface area contributed by atoms with Crippen molar-refractivity contribution in [1.29, 1.82) is 0 Å². The number of rotatable bonds is 3. The molecule has 98 valence electrons. The Hall–Kier alpha value is -2.23. The van der Waals surface area contributed by atoms with Crippen molar-refractivity contribution in [3.63, 3.8) is 0 Å². The zero-order valence-electron chi connectivity index (χ0n) is 10.3. The SMILES string of the molecule is Cc1ccc(-c2cc(F)c(CC(=O)O)cc2F)cc1. The van der Waals surface area contributed by atoms with Crippen LogP contribution in [0.25, 0.3) is 11.1 Å². The second-order valence-electron chi connectivity index (χ2n) is 4.36. The van der Waals surface area contributed by atoms with Gasteiger partial charge >= 0.3 is 5.97 Å². The van der Waals surface area contributed by atoms with Gasteiger partial charge in [0.15, 0.2) is 0 Å². The first-order valence-electron chi connectivity index (χ1n) is 5.74. The van der Waals surface area contributed by atoms with Crippen molar-refractivity contribution in [2.45, 2.75) is 13.3 Å². The van der Waals surface area contributed by atoms with E-state index in [2.05, 4.69) is 0 Å². The largest absolute Gasteiger partial charge is 0.481 e. The number of carboxylic acid groups (broad SMARTS) is 1. The summed E-state index contributed by atoms with van der Waals surface area (Å²) in [5.41, 5.74) is 1.56. The molecule has 0 aliphatic rings. The summed E-state index contributed by atoms with van der Waals surface area (Å²) in [6, 6.07) is 8.99. The predicted octanol–water partition coefficient (Wildman–Crippen LogP) is 3.57. The number of benzene rings is 2. The normalized spacial score (nSPS) is 10.5. The first-order chi connectivity index (χ1) is 8.97. The lowest BCUT2D eigenvalue weighted by molar-refractivity contribution is -0.136. The minimum atomic E-state index is -1.19. The summed E-state index contributed by atoms with van der Waals surface area (Å²) >= 11 is 0. The van der Waals surface area contributed by atoms with Gasteiger partial charge in [0.05, 0.1) is 6.42 Å². The summed E-state index contributed by atoms with van der Waals surface area (Å²) in [6.07, 6.45) is -0.531. The smallest absolute Gasteiger partial charge is 0.307 e. The average molecular weight is 262 g/mol. The van der Waals surface area contributed by atoms with E-state index in [1.165, 1.54) is 0 Å². The molecule has 0 saturated heterocycles. The van der Waals surface area contributed by atoms with Crippen molar-refractivity contribution in [3.8, 4) is 11.1 Å². The molecule has 0 saturated carbocycles. The molecule has 4 heteroatoms. The molecule has 0 bridgehead atoms. The Balaban J connectivity index is 2.45. The Labute approximate surface area is 109 Å². The van der Waals surface area contributed by atoms with Crippen LogP contribution in [0.5, 0.6) is 0 Å². The standard InChI is InChI=1S/C15H12F2O2/c1-9-2-4-10(5-3-9)12-8-13(16)11(6-14(12)17)7-15(18)19/h2-6,8H,7H2,1H3,(H,18,19). The fourth-order valence-electron chi connectivity index (χ4n) is 1.84. The van der Waals surface area contributed by atoms with E-state index >= 15 is 0 Å². The van der Waals surface area contributed by atoms with Crippen LogP contribution in [0.4, 0.5) is 8.78 Å². The number of aryl methyl sites for hydroxylation is 1. The molecule has 19 heavy (non-hydrogen) atoms. The van der Waals surface area contributed by atoms with Crippen LogP contribution in [-0.4, -0.2) is 11.1 Å². The van der Waals surface area contributed by atoms with Gasteiger partial charge in [0.1, 0.15) is 11.6 Å². The maximum Gasteiger partial charge on any atom is 0.307 e. The van der Waals surface area contributed by atoms with E-state index in [-0.39, 0.29) is 11.1 Å². The van der Waals surface area contributed by atoms with Crippen molar-refractivity contribution < 1.29 is 18.7 Å². The fourth-order valence-corrected chi connectivity index (χ4v) is 1.84. The number of carbonyl (C=O) groups is 1. The molecule has 0 heterocycles. The molecule has 0 fully saturated rings. The lowest BCUT2D eigenvalue weighted by Crippen LogP contribution is -2.03. The second kappa shape index (κ2) is 5.18. The van der Waals surface area contributed by atoms with Gasteiger partial charge in [-0.2, -0.15) is 0 Å². The van der Waals surface area contributed by atoms with E-state index in [1.54, 1.807) is 24.3 Å². The molecule has 0 aliphatic heterocycles. The Kier molecular flexibility index (Phi) is 3.60. The van der Waals surface area contributed by atoms with Crippen LogP contribution in [-0.2, 0) is 11.2 Å². The number of hydrogen-bond donors (Lipinski definition) is 1. The van der Waals surface area contributed by atoms with Gasteiger partial charge in [-0.1, -0.05) is 29.8 Å². The molecule has 0 atom stereocenters. The second-order valence-corrected chi connectivity index (χ2v) is 4.36. The van der Waals surface area contributed by atoms with Crippen LogP contribution < -0.4 is 0 Å². The summed E-state index contributed by atoms with van der Waals surface area (Å²) < 4.78 is 27.6. The number of halogens is 2. The Morgan fingerprint density at radius 1 is 1.11 bits per heavy atom. The Morgan fingerprint density at radius 3 is 2.32 bits per heavy atom. The molecule has 0 unspecified atom stereocenters. The molecule has 2 aromatic rings. The zero-order valence-corrected chi connectivity index (χ0v) is 10.3. The summed E-state index contributed by atoms with van der Waals surface area (Å²) in [5.74, 6) is -2.53. The maximum atomic E-state index is 13.9. The number of aliphatic carboxylic acids is 1. The van der Waals surface area contributed by atoms with Crippen molar-refractivity contribution >= 4 is 5.97 Å².